The van der Waals surface area contributed by atoms with Gasteiger partial charge in [0.2, 0.25) is 0 Å². The predicted octanol–water partition coefficient (Wildman–Crippen LogP) is 8.91. The highest BCUT2D eigenvalue weighted by Crippen LogP contribution is 2.33. The Kier molecular flexibility index (Phi) is 5.26. The van der Waals surface area contributed by atoms with E-state index in [0.29, 0.717) is 5.71 Å². The third-order valence-corrected chi connectivity index (χ3v) is 7.25. The molecule has 6 aromatic carbocycles. The van der Waals surface area contributed by atoms with Crippen molar-refractivity contribution in [1.29, 1.82) is 5.41 Å². The number of benzene rings is 6. The lowest BCUT2D eigenvalue weighted by Crippen LogP contribution is -2.13. The summed E-state index contributed by atoms with van der Waals surface area (Å²) < 4.78 is 2.15. The summed E-state index contributed by atoms with van der Waals surface area (Å²) in [7, 11) is 0. The van der Waals surface area contributed by atoms with Crippen LogP contribution in [-0.2, 0) is 0 Å². The predicted molar refractivity (Wildman–Crippen MR) is 160 cm³/mol. The molecule has 0 saturated carbocycles. The molecule has 0 bridgehead atoms. The molecular weight excluding hydrogens is 462 g/mol. The monoisotopic (exact) mass is 487 g/mol. The molecule has 38 heavy (non-hydrogen) atoms. The van der Waals surface area contributed by atoms with Crippen LogP contribution in [0.2, 0.25) is 0 Å². The molecule has 0 atom stereocenters. The second-order valence-corrected chi connectivity index (χ2v) is 9.54. The molecule has 3 heteroatoms. The Balaban J connectivity index is 1.31. The van der Waals surface area contributed by atoms with Crippen LogP contribution in [0.25, 0.3) is 43.7 Å². The van der Waals surface area contributed by atoms with Crippen LogP contribution >= 0.6 is 0 Å². The van der Waals surface area contributed by atoms with Crippen molar-refractivity contribution in [2.24, 2.45) is 0 Å². The van der Waals surface area contributed by atoms with Gasteiger partial charge in [-0.15, -0.1) is 0 Å². The zero-order valence-electron chi connectivity index (χ0n) is 20.7. The SMILES string of the molecule is N=C(c1ccc(-c2ccccc2)cc1)c1ccccc1Nn1c2ccccc2c2cc3ccccc3cc21. The van der Waals surface area contributed by atoms with Crippen LogP contribution in [0.4, 0.5) is 5.69 Å². The van der Waals surface area contributed by atoms with Crippen molar-refractivity contribution in [3.05, 3.63) is 151 Å². The Morgan fingerprint density at radius 3 is 1.97 bits per heavy atom. The molecule has 2 N–H and O–H groups in total. The number of hydrogen-bond donors (Lipinski definition) is 2. The van der Waals surface area contributed by atoms with Gasteiger partial charge >= 0.3 is 0 Å². The molecule has 1 heterocycles. The molecule has 3 nitrogen and oxygen atoms in total. The largest absolute Gasteiger partial charge is 0.300 e. The summed E-state index contributed by atoms with van der Waals surface area (Å²) >= 11 is 0. The molecule has 0 unspecified atom stereocenters. The van der Waals surface area contributed by atoms with Crippen LogP contribution in [-0.4, -0.2) is 10.4 Å². The van der Waals surface area contributed by atoms with Gasteiger partial charge in [-0.2, -0.15) is 0 Å². The standard InChI is InChI=1S/C35H25N3/c36-35(26-20-18-25(19-21-26)24-10-2-1-3-11-24)30-15-6-8-16-32(30)37-38-33-17-9-7-14-29(33)31-22-27-12-4-5-13-28(27)23-34(31)38/h1-23,36-37H. The summed E-state index contributed by atoms with van der Waals surface area (Å²) in [4.78, 5) is 0. The minimum atomic E-state index is 0.485. The van der Waals surface area contributed by atoms with Gasteiger partial charge in [-0.25, -0.2) is 0 Å². The average molecular weight is 488 g/mol. The van der Waals surface area contributed by atoms with Crippen LogP contribution in [0, 0.1) is 5.41 Å². The number of nitrogens with zero attached hydrogens (tertiary/aromatic N) is 1. The summed E-state index contributed by atoms with van der Waals surface area (Å²) in [5.74, 6) is 0. The Bertz CT molecular complexity index is 1950. The van der Waals surface area contributed by atoms with E-state index >= 15 is 0 Å². The Morgan fingerprint density at radius 2 is 1.16 bits per heavy atom. The first-order valence-electron chi connectivity index (χ1n) is 12.8. The number of anilines is 1. The summed E-state index contributed by atoms with van der Waals surface area (Å²) in [6.45, 7) is 0. The fourth-order valence-electron chi connectivity index (χ4n) is 5.31. The molecule has 0 aliphatic rings. The molecule has 0 saturated heterocycles. The average Bonchev–Trinajstić information content (AvgIpc) is 3.28. The topological polar surface area (TPSA) is 40.8 Å². The van der Waals surface area contributed by atoms with E-state index in [2.05, 4.69) is 95.0 Å². The van der Waals surface area contributed by atoms with Crippen molar-refractivity contribution in [3.63, 3.8) is 0 Å². The number of aromatic nitrogens is 1. The lowest BCUT2D eigenvalue weighted by Gasteiger charge is -2.16. The lowest BCUT2D eigenvalue weighted by molar-refractivity contribution is 1.06. The fourth-order valence-corrected chi connectivity index (χ4v) is 5.31. The van der Waals surface area contributed by atoms with Gasteiger partial charge in [0.1, 0.15) is 0 Å². The summed E-state index contributed by atoms with van der Waals surface area (Å²) in [5.41, 5.74) is 11.3. The summed E-state index contributed by atoms with van der Waals surface area (Å²) in [5, 5.41) is 13.9. The maximum Gasteiger partial charge on any atom is 0.0716 e. The van der Waals surface area contributed by atoms with Gasteiger partial charge in [0.15, 0.2) is 0 Å². The molecule has 0 fully saturated rings. The van der Waals surface area contributed by atoms with Gasteiger partial charge in [0.05, 0.1) is 22.4 Å². The summed E-state index contributed by atoms with van der Waals surface area (Å²) in [6.07, 6.45) is 0. The Labute approximate surface area is 221 Å². The van der Waals surface area contributed by atoms with Gasteiger partial charge in [-0.05, 0) is 46.2 Å². The number of rotatable bonds is 5. The van der Waals surface area contributed by atoms with Crippen LogP contribution in [0.3, 0.4) is 0 Å². The lowest BCUT2D eigenvalue weighted by atomic mass is 9.98. The second-order valence-electron chi connectivity index (χ2n) is 9.54. The molecule has 0 aliphatic heterocycles. The van der Waals surface area contributed by atoms with Gasteiger partial charge in [0.25, 0.3) is 0 Å². The second kappa shape index (κ2) is 9.06. The fraction of sp³-hybridized carbons (Fsp3) is 0. The number of hydrogen-bond acceptors (Lipinski definition) is 2. The number of para-hydroxylation sites is 2. The van der Waals surface area contributed by atoms with Crippen molar-refractivity contribution >= 4 is 44.0 Å². The Morgan fingerprint density at radius 1 is 0.526 bits per heavy atom. The number of nitrogens with one attached hydrogen (secondary N) is 2. The van der Waals surface area contributed by atoms with Gasteiger partial charge in [0, 0.05) is 21.9 Å². The first-order chi connectivity index (χ1) is 18.8. The molecule has 180 valence electrons. The van der Waals surface area contributed by atoms with Crippen molar-refractivity contribution in [2.45, 2.75) is 0 Å². The maximum absolute atomic E-state index is 9.10. The third-order valence-electron chi connectivity index (χ3n) is 7.25. The third kappa shape index (κ3) is 3.73. The van der Waals surface area contributed by atoms with E-state index in [-0.39, 0.29) is 0 Å². The molecular formula is C35H25N3. The normalized spacial score (nSPS) is 11.3. The van der Waals surface area contributed by atoms with Crippen molar-refractivity contribution in [1.82, 2.24) is 4.68 Å². The van der Waals surface area contributed by atoms with E-state index in [4.69, 9.17) is 5.41 Å². The zero-order chi connectivity index (χ0) is 25.5. The van der Waals surface area contributed by atoms with E-state index in [0.717, 1.165) is 33.4 Å². The Hall–Kier alpha value is -5.15. The van der Waals surface area contributed by atoms with E-state index in [1.807, 2.05) is 54.6 Å². The summed E-state index contributed by atoms with van der Waals surface area (Å²) in [6, 6.07) is 48.1. The molecule has 0 aliphatic carbocycles. The molecule has 0 spiro atoms. The van der Waals surface area contributed by atoms with Crippen molar-refractivity contribution < 1.29 is 0 Å². The molecule has 7 aromatic rings. The smallest absolute Gasteiger partial charge is 0.0716 e. The van der Waals surface area contributed by atoms with E-state index < -0.39 is 0 Å². The minimum absolute atomic E-state index is 0.485. The molecule has 1 aromatic heterocycles. The molecule has 0 radical (unpaired) electrons. The number of fused-ring (bicyclic) bond motifs is 4. The zero-order valence-corrected chi connectivity index (χ0v) is 20.7. The van der Waals surface area contributed by atoms with Gasteiger partial charge in [-0.1, -0.05) is 115 Å². The first kappa shape index (κ1) is 22.1. The van der Waals surface area contributed by atoms with Crippen molar-refractivity contribution in [3.8, 4) is 11.1 Å². The highest BCUT2D eigenvalue weighted by atomic mass is 15.4. The maximum atomic E-state index is 9.10. The van der Waals surface area contributed by atoms with E-state index in [1.54, 1.807) is 0 Å². The minimum Gasteiger partial charge on any atom is -0.300 e. The first-order valence-corrected chi connectivity index (χ1v) is 12.8. The van der Waals surface area contributed by atoms with Gasteiger partial charge < -0.3 is 0 Å². The quantitative estimate of drug-likeness (QED) is 0.234. The van der Waals surface area contributed by atoms with Gasteiger partial charge in [-0.3, -0.25) is 15.5 Å². The van der Waals surface area contributed by atoms with Crippen LogP contribution < -0.4 is 5.43 Å². The van der Waals surface area contributed by atoms with E-state index in [9.17, 15) is 0 Å². The highest BCUT2D eigenvalue weighted by Gasteiger charge is 2.15. The van der Waals surface area contributed by atoms with Crippen LogP contribution in [0.5, 0.6) is 0 Å². The van der Waals surface area contributed by atoms with E-state index in [1.165, 1.54) is 27.1 Å². The molecule has 7 rings (SSSR count). The van der Waals surface area contributed by atoms with Crippen molar-refractivity contribution in [2.75, 3.05) is 5.43 Å². The molecule has 0 amide bonds. The highest BCUT2D eigenvalue weighted by molar-refractivity contribution is 6.15. The van der Waals surface area contributed by atoms with Crippen LogP contribution in [0.15, 0.2) is 140 Å². The van der Waals surface area contributed by atoms with Crippen LogP contribution in [0.1, 0.15) is 11.1 Å².